The van der Waals surface area contributed by atoms with E-state index in [1.807, 2.05) is 71.5 Å². The Kier molecular flexibility index (Phi) is 43.1. The Bertz CT molecular complexity index is 4650. The fraction of sp³-hybridized carbons (Fsp3) is 0.586. The van der Waals surface area contributed by atoms with Crippen LogP contribution in [-0.2, 0) is 83.7 Å². The quantitative estimate of drug-likeness (QED) is 0.00862. The van der Waals surface area contributed by atoms with Crippen molar-refractivity contribution < 1.29 is 181 Å². The fourth-order valence-corrected chi connectivity index (χ4v) is 13.8. The molecule has 2 aliphatic carbocycles. The zero-order valence-corrected chi connectivity index (χ0v) is 71.6. The van der Waals surface area contributed by atoms with E-state index in [-0.39, 0.29) is 60.3 Å². The molecule has 1 aliphatic heterocycles. The van der Waals surface area contributed by atoms with Crippen molar-refractivity contribution in [1.82, 2.24) is 44.4 Å². The minimum Gasteiger partial charge on any atom is -0.756 e. The van der Waals surface area contributed by atoms with E-state index < -0.39 is 117 Å². The number of phosphoric ester groups is 7. The predicted molar refractivity (Wildman–Crippen MR) is 412 cm³/mol. The monoisotopic (exact) mass is 1850 g/mol. The van der Waals surface area contributed by atoms with Gasteiger partial charge in [0.15, 0.2) is 42.7 Å². The number of imidazole rings is 2. The minimum absolute atomic E-state index is 0.00841. The number of hydrogen-bond acceptors (Lipinski definition) is 34. The number of aromatic amines is 3. The SMILES string of the molecule is C[N+](C)(CN)CC(OP(=O)(O)O)C1CCC(O)C1.C[N+](C)(CN)CC(OP(=O)(O)O)c1ccc(O)cc1.C[N+](C)(CN)CCOP(=O)(O)O.NC1CC(O)CC1OP(=O)(O)O.Nc1nc2c(ncn2COP(=O)([O-])O)c(=O)[nH]1.Nc1ncnc2c1[nH]c[n+]2COP(=O)([O-])O.O=P([O-])(O)OCc1c[nH]c2ccccc12.[NH3+]CN1CCCC1C(O)O. The molecular weight excluding hydrogens is 1740 g/mol. The van der Waals surface area contributed by atoms with Crippen LogP contribution in [0.4, 0.5) is 11.8 Å². The second-order valence-corrected chi connectivity index (χ2v) is 36.9. The highest BCUT2D eigenvalue weighted by Crippen LogP contribution is 2.45. The average Bonchev–Trinajstić information content (AvgIpc) is 1.69. The number of nitrogens with one attached hydrogen (secondary N) is 3. The van der Waals surface area contributed by atoms with Crippen molar-refractivity contribution in [2.75, 3.05) is 113 Å². The van der Waals surface area contributed by atoms with Gasteiger partial charge in [-0.2, -0.15) is 9.97 Å². The maximum Gasteiger partial charge on any atom is 0.470 e. The van der Waals surface area contributed by atoms with Crippen LogP contribution in [0, 0.1) is 5.92 Å². The molecule has 7 aromatic rings. The van der Waals surface area contributed by atoms with Gasteiger partial charge in [0, 0.05) is 41.7 Å². The van der Waals surface area contributed by atoms with E-state index >= 15 is 0 Å². The number of nitrogen functional groups attached to an aromatic ring is 2. The number of H-pyrrole nitrogens is 3. The molecule has 61 heteroatoms. The number of phenols is 1. The van der Waals surface area contributed by atoms with Crippen LogP contribution in [0.1, 0.15) is 62.2 Å². The Hall–Kier alpha value is -5.47. The smallest absolute Gasteiger partial charge is 0.470 e. The lowest BCUT2D eigenvalue weighted by Gasteiger charge is -2.34. The molecule has 2 aromatic carbocycles. The number of aromatic nitrogens is 9. The summed E-state index contributed by atoms with van der Waals surface area (Å²) in [6.45, 7) is 2.77. The van der Waals surface area contributed by atoms with Crippen LogP contribution in [-0.4, -0.2) is 282 Å². The third-order valence-corrected chi connectivity index (χ3v) is 20.6. The summed E-state index contributed by atoms with van der Waals surface area (Å²) in [6.07, 6.45) is 5.45. The van der Waals surface area contributed by atoms with Crippen LogP contribution in [0.3, 0.4) is 0 Å². The fourth-order valence-electron chi connectivity index (χ4n) is 11.0. The summed E-state index contributed by atoms with van der Waals surface area (Å²) < 4.78 is 109. The van der Waals surface area contributed by atoms with E-state index in [2.05, 4.69) is 63.2 Å². The first-order chi connectivity index (χ1) is 54.6. The molecule has 11 unspecified atom stereocenters. The number of aromatic hydroxyl groups is 1. The first-order valence-electron chi connectivity index (χ1n) is 35.1. The Labute approximate surface area is 679 Å². The van der Waals surface area contributed by atoms with E-state index in [1.54, 1.807) is 18.3 Å². The maximum absolute atomic E-state index is 11.4. The standard InChI is InChI=1S/C11H19N2O5P.C10H23N2O5P.C9H10NO4P.C6H8N5O5P.C6H8N5O4P.C6H14N2O2.C5H15N2O4P.C5H12NO5P/c1-13(2,8-12)7-11(18-19(15,16)17)9-3-5-10(14)6-4-9;1-12(2,7-11)6-10(17-18(14,15)16)8-3-4-9(13)5-8;11-15(12,13)14-6-7-5-10-9-4-2-1-3-8(7)9;7-6-9-4-3(5(12)10-6)8-1-11(4)2-16-17(13,14)15;7-5-4-6(9-1-8-5)11(2-10-4)3-15-16(12,13)14;7-4-8-3-1-2-5(8)6(9)10;1-7(2,5-6)3-4-11-12(8,9)10;6-4-1-3(7)2-5(4)11-12(8,9)10/h3-6,11H,7-8,12H2,1-2H3,(H2-,14,15,16,17);8-10,13H,3-7,11H2,1-2H3,(H-,14,15,16);1-5,10H,6H2,(H2,11,12,13);1H,2H2,(H2,13,14,15)(H3,7,9,10,12);1-2H,3H2,(H4,7,8,9,12,13,14);5-6,9-10H,1-4,7H2;3-6H2,1-2H3,(H-,8,9,10);3-5,7H,1-2,6H2,(H2,8,9,10)/p+2. The van der Waals surface area contributed by atoms with Gasteiger partial charge in [0.2, 0.25) is 11.5 Å². The Morgan fingerprint density at radius 3 is 1.78 bits per heavy atom. The lowest BCUT2D eigenvalue weighted by atomic mass is 10.00. The number of nitrogens with two attached hydrogens (primary N) is 6. The van der Waals surface area contributed by atoms with Crippen LogP contribution >= 0.6 is 54.8 Å². The third kappa shape index (κ3) is 43.6. The van der Waals surface area contributed by atoms with Gasteiger partial charge in [0.1, 0.15) is 77.6 Å². The van der Waals surface area contributed by atoms with Gasteiger partial charge >= 0.3 is 36.9 Å². The van der Waals surface area contributed by atoms with Crippen molar-refractivity contribution in [2.24, 2.45) is 28.9 Å². The largest absolute Gasteiger partial charge is 0.756 e. The summed E-state index contributed by atoms with van der Waals surface area (Å²) in [4.78, 5) is 162. The van der Waals surface area contributed by atoms with Crippen LogP contribution in [0.15, 0.2) is 78.5 Å². The van der Waals surface area contributed by atoms with Crippen LogP contribution in [0.25, 0.3) is 33.2 Å². The topological polar surface area (TPSA) is 889 Å². The number of hydrogen-bond donors (Lipinski definition) is 26. The number of benzene rings is 2. The zero-order valence-electron chi connectivity index (χ0n) is 65.3. The summed E-state index contributed by atoms with van der Waals surface area (Å²) >= 11 is 0. The number of para-hydroxylation sites is 1. The van der Waals surface area contributed by atoms with Gasteiger partial charge in [0.25, 0.3) is 29.0 Å². The van der Waals surface area contributed by atoms with E-state index in [0.29, 0.717) is 101 Å². The number of quaternary nitrogens is 4. The summed E-state index contributed by atoms with van der Waals surface area (Å²) in [5, 5.41) is 46.4. The van der Waals surface area contributed by atoms with Gasteiger partial charge in [0.05, 0.1) is 79.6 Å². The van der Waals surface area contributed by atoms with Crippen LogP contribution in [0.2, 0.25) is 0 Å². The number of anilines is 2. The van der Waals surface area contributed by atoms with Crippen molar-refractivity contribution in [1.29, 1.82) is 0 Å². The molecule has 34 N–H and O–H groups in total. The van der Waals surface area contributed by atoms with Crippen molar-refractivity contribution in [3.8, 4) is 5.75 Å². The third-order valence-electron chi connectivity index (χ3n) is 17.2. The molecule has 2 saturated carbocycles. The van der Waals surface area contributed by atoms with Gasteiger partial charge in [-0.15, -0.1) is 0 Å². The number of fused-ring (bicyclic) bond motifs is 3. The number of phenolic OH excluding ortho intramolecular Hbond substituents is 1. The van der Waals surface area contributed by atoms with Crippen molar-refractivity contribution in [3.63, 3.8) is 0 Å². The molecule has 3 aliphatic rings. The van der Waals surface area contributed by atoms with Crippen LogP contribution in [0.5, 0.6) is 5.75 Å². The highest BCUT2D eigenvalue weighted by molar-refractivity contribution is 7.47. The number of nitrogens with zero attached hydrogens (tertiary/aromatic N) is 10. The molecule has 0 bridgehead atoms. The number of phosphoric acid groups is 7. The van der Waals surface area contributed by atoms with Gasteiger partial charge < -0.3 is 140 Å². The number of likely N-dealkylation sites (N-methyl/N-ethyl adjacent to an activating group) is 3. The Balaban J connectivity index is 0.000000354. The van der Waals surface area contributed by atoms with E-state index in [0.717, 1.165) is 47.6 Å². The first kappa shape index (κ1) is 108. The molecule has 0 radical (unpaired) electrons. The molecule has 10 rings (SSSR count). The lowest BCUT2D eigenvalue weighted by Crippen LogP contribution is -2.61. The normalized spacial score (nSPS) is 20.0. The number of likely N-dealkylation sites (tertiary alicyclic amines) is 1. The Morgan fingerprint density at radius 2 is 1.28 bits per heavy atom. The van der Waals surface area contributed by atoms with Gasteiger partial charge in [-0.05, 0) is 68.2 Å². The minimum atomic E-state index is -4.85. The molecule has 0 amide bonds. The second-order valence-electron chi connectivity index (χ2n) is 28.5. The average molecular weight is 1850 g/mol. The highest BCUT2D eigenvalue weighted by atomic mass is 31.2. The lowest BCUT2D eigenvalue weighted by molar-refractivity contribution is -0.893. The molecule has 119 heavy (non-hydrogen) atoms. The number of aliphatic hydroxyl groups is 4. The van der Waals surface area contributed by atoms with Gasteiger partial charge in [-0.3, -0.25) is 77.4 Å². The van der Waals surface area contributed by atoms with E-state index in [9.17, 15) is 61.6 Å². The highest BCUT2D eigenvalue weighted by Gasteiger charge is 2.39. The van der Waals surface area contributed by atoms with E-state index in [4.69, 9.17) is 113 Å². The van der Waals surface area contributed by atoms with Crippen molar-refractivity contribution in [3.05, 3.63) is 95.2 Å². The number of rotatable bonds is 30. The van der Waals surface area contributed by atoms with Crippen LogP contribution < -0.4 is 64.9 Å². The molecule has 3 fully saturated rings. The summed E-state index contributed by atoms with van der Waals surface area (Å²) in [5.74, 6) is 0.138. The molecular formula is C58H111N20O34P7+2. The molecule has 11 atom stereocenters. The summed E-state index contributed by atoms with van der Waals surface area (Å²) in [7, 11) is -21.1. The molecule has 5 aromatic heterocycles. The Morgan fingerprint density at radius 1 is 0.689 bits per heavy atom. The first-order valence-corrected chi connectivity index (χ1v) is 45.7. The number of aliphatic hydroxyl groups excluding tert-OH is 3. The summed E-state index contributed by atoms with van der Waals surface area (Å²) in [6, 6.07) is 12.9. The molecule has 0 spiro atoms. The predicted octanol–water partition coefficient (Wildman–Crippen LogP) is -6.31. The molecule has 680 valence electrons. The van der Waals surface area contributed by atoms with Crippen molar-refractivity contribution >= 4 is 99.8 Å². The molecule has 54 nitrogen and oxygen atoms in total. The van der Waals surface area contributed by atoms with Crippen molar-refractivity contribution in [2.45, 2.75) is 114 Å². The molecule has 6 heterocycles. The molecule has 1 saturated heterocycles. The van der Waals surface area contributed by atoms with Gasteiger partial charge in [-0.25, -0.2) is 32.7 Å². The second kappa shape index (κ2) is 47.6. The van der Waals surface area contributed by atoms with Gasteiger partial charge in [-0.1, -0.05) is 35.3 Å². The maximum atomic E-state index is 11.4. The van der Waals surface area contributed by atoms with E-state index in [1.165, 1.54) is 29.4 Å². The summed E-state index contributed by atoms with van der Waals surface area (Å²) in [5.41, 5.74) is 39.1. The zero-order chi connectivity index (χ0) is 90.7.